The summed E-state index contributed by atoms with van der Waals surface area (Å²) in [4.78, 5) is 10.8. The Kier molecular flexibility index (Phi) is 3.19. The van der Waals surface area contributed by atoms with Gasteiger partial charge in [0.05, 0.1) is 5.92 Å². The summed E-state index contributed by atoms with van der Waals surface area (Å²) in [5.41, 5.74) is -0.688. The molecule has 7 heteroatoms. The lowest BCUT2D eigenvalue weighted by atomic mass is 10.1. The molecular formula is C9H11Cl2F3O2. The molecule has 1 saturated carbocycles. The molecule has 16 heavy (non-hydrogen) atoms. The average molecular weight is 279 g/mol. The van der Waals surface area contributed by atoms with Gasteiger partial charge >= 0.3 is 12.1 Å². The van der Waals surface area contributed by atoms with Crippen LogP contribution in [0.15, 0.2) is 0 Å². The van der Waals surface area contributed by atoms with Gasteiger partial charge in [0.1, 0.15) is 0 Å². The molecule has 0 aromatic carbocycles. The third-order valence-corrected chi connectivity index (χ3v) is 3.94. The summed E-state index contributed by atoms with van der Waals surface area (Å²) >= 11 is 10.4. The maximum absolute atomic E-state index is 12.4. The van der Waals surface area contributed by atoms with Crippen LogP contribution < -0.4 is 0 Å². The zero-order valence-corrected chi connectivity index (χ0v) is 10.1. The van der Waals surface area contributed by atoms with Gasteiger partial charge < -0.3 is 5.11 Å². The minimum Gasteiger partial charge on any atom is -0.481 e. The number of halogens is 5. The summed E-state index contributed by atoms with van der Waals surface area (Å²) in [6, 6.07) is 0. The molecule has 0 heterocycles. The van der Waals surface area contributed by atoms with Crippen LogP contribution in [0.2, 0.25) is 0 Å². The normalized spacial score (nSPS) is 28.9. The zero-order valence-electron chi connectivity index (χ0n) is 8.61. The van der Waals surface area contributed by atoms with Gasteiger partial charge in [-0.1, -0.05) is 37.0 Å². The van der Waals surface area contributed by atoms with Gasteiger partial charge in [-0.3, -0.25) is 4.79 Å². The molecule has 1 rings (SSSR count). The van der Waals surface area contributed by atoms with Gasteiger partial charge in [0, 0.05) is 0 Å². The van der Waals surface area contributed by atoms with Crippen molar-refractivity contribution in [2.24, 2.45) is 17.3 Å². The Hall–Kier alpha value is -0.160. The summed E-state index contributed by atoms with van der Waals surface area (Å²) in [7, 11) is 0. The maximum atomic E-state index is 12.4. The highest BCUT2D eigenvalue weighted by atomic mass is 35.5. The zero-order chi connectivity index (χ0) is 12.9. The Balaban J connectivity index is 2.75. The first-order valence-corrected chi connectivity index (χ1v) is 5.34. The second-order valence-electron chi connectivity index (χ2n) is 4.65. The van der Waals surface area contributed by atoms with E-state index in [1.54, 1.807) is 13.8 Å². The molecule has 0 radical (unpaired) electrons. The molecule has 2 atom stereocenters. The van der Waals surface area contributed by atoms with Gasteiger partial charge in [0.2, 0.25) is 4.33 Å². The van der Waals surface area contributed by atoms with Crippen molar-refractivity contribution in [1.82, 2.24) is 0 Å². The average Bonchev–Trinajstić information content (AvgIpc) is 2.49. The number of carbonyl (C=O) groups is 1. The van der Waals surface area contributed by atoms with Gasteiger partial charge in [-0.2, -0.15) is 13.2 Å². The number of alkyl halides is 5. The van der Waals surface area contributed by atoms with Crippen molar-refractivity contribution in [2.75, 3.05) is 0 Å². The van der Waals surface area contributed by atoms with E-state index in [1.165, 1.54) is 0 Å². The van der Waals surface area contributed by atoms with Crippen LogP contribution in [-0.4, -0.2) is 21.6 Å². The van der Waals surface area contributed by atoms with E-state index >= 15 is 0 Å². The molecule has 1 aliphatic carbocycles. The Morgan fingerprint density at radius 2 is 1.81 bits per heavy atom. The van der Waals surface area contributed by atoms with Gasteiger partial charge in [-0.05, 0) is 17.8 Å². The van der Waals surface area contributed by atoms with Crippen LogP contribution >= 0.6 is 23.2 Å². The van der Waals surface area contributed by atoms with Crippen LogP contribution in [0.1, 0.15) is 20.3 Å². The molecule has 0 aromatic rings. The van der Waals surface area contributed by atoms with Crippen molar-refractivity contribution in [3.63, 3.8) is 0 Å². The van der Waals surface area contributed by atoms with E-state index in [2.05, 4.69) is 0 Å². The minimum atomic E-state index is -4.75. The summed E-state index contributed by atoms with van der Waals surface area (Å²) in [5.74, 6) is -2.57. The van der Waals surface area contributed by atoms with E-state index in [0.29, 0.717) is 0 Å². The SMILES string of the molecule is CC1(C)C(CC(Cl)(Cl)C(F)(F)F)C1C(=O)O. The molecule has 0 aromatic heterocycles. The second kappa shape index (κ2) is 3.67. The summed E-state index contributed by atoms with van der Waals surface area (Å²) in [6.45, 7) is 3.19. The van der Waals surface area contributed by atoms with Gasteiger partial charge in [-0.25, -0.2) is 0 Å². The molecular weight excluding hydrogens is 268 g/mol. The van der Waals surface area contributed by atoms with Gasteiger partial charge in [-0.15, -0.1) is 0 Å². The third kappa shape index (κ3) is 2.25. The molecule has 0 saturated heterocycles. The monoisotopic (exact) mass is 278 g/mol. The highest BCUT2D eigenvalue weighted by Crippen LogP contribution is 2.63. The Morgan fingerprint density at radius 3 is 2.06 bits per heavy atom. The number of carboxylic acid groups (broad SMARTS) is 1. The first kappa shape index (κ1) is 13.9. The van der Waals surface area contributed by atoms with Crippen molar-refractivity contribution in [1.29, 1.82) is 0 Å². The lowest BCUT2D eigenvalue weighted by Crippen LogP contribution is -2.35. The molecule has 2 unspecified atom stereocenters. The van der Waals surface area contributed by atoms with Gasteiger partial charge in [0.15, 0.2) is 0 Å². The first-order chi connectivity index (χ1) is 6.91. The van der Waals surface area contributed by atoms with Crippen LogP contribution in [0.4, 0.5) is 13.2 Å². The fraction of sp³-hybridized carbons (Fsp3) is 0.889. The number of hydrogen-bond donors (Lipinski definition) is 1. The molecule has 2 nitrogen and oxygen atoms in total. The fourth-order valence-corrected chi connectivity index (χ4v) is 2.34. The van der Waals surface area contributed by atoms with Crippen molar-refractivity contribution >= 4 is 29.2 Å². The van der Waals surface area contributed by atoms with Crippen LogP contribution in [0.5, 0.6) is 0 Å². The first-order valence-electron chi connectivity index (χ1n) is 4.58. The van der Waals surface area contributed by atoms with Crippen LogP contribution in [0.3, 0.4) is 0 Å². The lowest BCUT2D eigenvalue weighted by molar-refractivity contribution is -0.146. The van der Waals surface area contributed by atoms with Crippen molar-refractivity contribution < 1.29 is 23.1 Å². The molecule has 0 bridgehead atoms. The topological polar surface area (TPSA) is 37.3 Å². The van der Waals surface area contributed by atoms with Gasteiger partial charge in [0.25, 0.3) is 0 Å². The second-order valence-corrected chi connectivity index (χ2v) is 6.13. The predicted octanol–water partition coefficient (Wildman–Crippen LogP) is 3.47. The molecule has 1 aliphatic rings. The van der Waals surface area contributed by atoms with Crippen LogP contribution in [0, 0.1) is 17.3 Å². The highest BCUT2D eigenvalue weighted by molar-refractivity contribution is 6.49. The Labute approximate surface area is 101 Å². The molecule has 94 valence electrons. The number of rotatable bonds is 3. The van der Waals surface area contributed by atoms with E-state index in [4.69, 9.17) is 28.3 Å². The highest BCUT2D eigenvalue weighted by Gasteiger charge is 2.66. The quantitative estimate of drug-likeness (QED) is 0.803. The van der Waals surface area contributed by atoms with E-state index < -0.39 is 40.2 Å². The number of aliphatic carboxylic acids is 1. The molecule has 1 fully saturated rings. The molecule has 0 aliphatic heterocycles. The summed E-state index contributed by atoms with van der Waals surface area (Å²) < 4.78 is 34.3. The van der Waals surface area contributed by atoms with E-state index in [1.807, 2.05) is 0 Å². The van der Waals surface area contributed by atoms with E-state index in [0.717, 1.165) is 0 Å². The summed E-state index contributed by atoms with van der Waals surface area (Å²) in [6.07, 6.45) is -5.35. The van der Waals surface area contributed by atoms with E-state index in [9.17, 15) is 18.0 Å². The van der Waals surface area contributed by atoms with Crippen molar-refractivity contribution in [3.8, 4) is 0 Å². The minimum absolute atomic E-state index is 0.594. The van der Waals surface area contributed by atoms with Crippen LogP contribution in [0.25, 0.3) is 0 Å². The lowest BCUT2D eigenvalue weighted by Gasteiger charge is -2.23. The van der Waals surface area contributed by atoms with Crippen molar-refractivity contribution in [2.45, 2.75) is 30.8 Å². The maximum Gasteiger partial charge on any atom is 0.421 e. The third-order valence-electron chi connectivity index (χ3n) is 3.21. The Bertz CT molecular complexity index is 312. The largest absolute Gasteiger partial charge is 0.481 e. The number of carboxylic acids is 1. The molecule has 0 spiro atoms. The van der Waals surface area contributed by atoms with Crippen molar-refractivity contribution in [3.05, 3.63) is 0 Å². The molecule has 1 N–H and O–H groups in total. The Morgan fingerprint density at radius 1 is 1.38 bits per heavy atom. The summed E-state index contributed by atoms with van der Waals surface area (Å²) in [5, 5.41) is 8.79. The fourth-order valence-electron chi connectivity index (χ4n) is 2.01. The standard InChI is InChI=1S/C9H11Cl2F3O2/c1-7(2)4(5(7)6(15)16)3-8(10,11)9(12,13)14/h4-5H,3H2,1-2H3,(H,15,16). The smallest absolute Gasteiger partial charge is 0.421 e. The van der Waals surface area contributed by atoms with E-state index in [-0.39, 0.29) is 0 Å². The predicted molar refractivity (Wildman–Crippen MR) is 53.5 cm³/mol. The van der Waals surface area contributed by atoms with Crippen LogP contribution in [-0.2, 0) is 4.79 Å². The molecule has 0 amide bonds. The number of hydrogen-bond acceptors (Lipinski definition) is 1.